The highest BCUT2D eigenvalue weighted by atomic mass is 19.3. The molecule has 2 aliphatic heterocycles. The molecule has 5 rings (SSSR count). The summed E-state index contributed by atoms with van der Waals surface area (Å²) in [7, 11) is 1.60. The molecule has 2 saturated heterocycles. The fourth-order valence-electron chi connectivity index (χ4n) is 5.27. The minimum absolute atomic E-state index is 0.0314. The summed E-state index contributed by atoms with van der Waals surface area (Å²) in [5, 5.41) is 12.9. The summed E-state index contributed by atoms with van der Waals surface area (Å²) in [5.41, 5.74) is 2.89. The summed E-state index contributed by atoms with van der Waals surface area (Å²) in [4.78, 5) is 37.4. The van der Waals surface area contributed by atoms with Crippen molar-refractivity contribution in [1.29, 1.82) is 0 Å². The van der Waals surface area contributed by atoms with Crippen LogP contribution in [0.5, 0.6) is 5.75 Å². The topological polar surface area (TPSA) is 117 Å². The molecule has 0 saturated carbocycles. The van der Waals surface area contributed by atoms with Gasteiger partial charge in [0.1, 0.15) is 5.75 Å². The molecule has 2 aliphatic rings. The van der Waals surface area contributed by atoms with Crippen LogP contribution in [0.25, 0.3) is 16.5 Å². The highest BCUT2D eigenvalue weighted by molar-refractivity contribution is 5.87. The third-order valence-corrected chi connectivity index (χ3v) is 7.49. The zero-order chi connectivity index (χ0) is 29.3. The van der Waals surface area contributed by atoms with Gasteiger partial charge in [0.2, 0.25) is 5.96 Å². The molecule has 3 aromatic rings. The average Bonchev–Trinajstić information content (AvgIpc) is 3.45. The van der Waals surface area contributed by atoms with Crippen LogP contribution in [0.1, 0.15) is 23.6 Å². The molecule has 0 bridgehead atoms. The fourth-order valence-corrected chi connectivity index (χ4v) is 5.27. The third-order valence-electron chi connectivity index (χ3n) is 7.49. The Morgan fingerprint density at radius 2 is 2.05 bits per heavy atom. The monoisotopic (exact) mass is 567 g/mol. The number of urea groups is 1. The highest BCUT2D eigenvalue weighted by Gasteiger charge is 2.36. The summed E-state index contributed by atoms with van der Waals surface area (Å²) in [6.07, 6.45) is 1.68. The lowest BCUT2D eigenvalue weighted by atomic mass is 10.1. The van der Waals surface area contributed by atoms with Crippen LogP contribution in [-0.2, 0) is 20.2 Å². The molecule has 2 fully saturated rings. The lowest BCUT2D eigenvalue weighted by Gasteiger charge is -2.36. The van der Waals surface area contributed by atoms with Gasteiger partial charge in [-0.2, -0.15) is 8.78 Å². The maximum Gasteiger partial charge on any atom is 0.387 e. The summed E-state index contributed by atoms with van der Waals surface area (Å²) in [6, 6.07) is 9.87. The summed E-state index contributed by atoms with van der Waals surface area (Å²) in [5.74, 6) is 0.424. The number of hydrogen-bond donors (Lipinski definition) is 2. The molecule has 2 amide bonds. The molecule has 41 heavy (non-hydrogen) atoms. The van der Waals surface area contributed by atoms with Gasteiger partial charge in [-0.1, -0.05) is 12.1 Å². The predicted molar refractivity (Wildman–Crippen MR) is 151 cm³/mol. The van der Waals surface area contributed by atoms with E-state index in [4.69, 9.17) is 4.74 Å². The van der Waals surface area contributed by atoms with Gasteiger partial charge in [0.15, 0.2) is 0 Å². The first-order chi connectivity index (χ1) is 19.7. The van der Waals surface area contributed by atoms with E-state index in [1.807, 2.05) is 28.9 Å². The Morgan fingerprint density at radius 1 is 1.24 bits per heavy atom. The molecule has 0 spiro atoms. The van der Waals surface area contributed by atoms with Crippen LogP contribution in [0.2, 0.25) is 0 Å². The first-order valence-corrected chi connectivity index (χ1v) is 13.1. The molecular weight excluding hydrogens is 536 g/mol. The molecule has 1 atom stereocenters. The number of aromatic nitrogens is 2. The van der Waals surface area contributed by atoms with Crippen LogP contribution in [0.4, 0.5) is 13.6 Å². The number of amides is 2. The molecule has 2 aromatic carbocycles. The van der Waals surface area contributed by atoms with Crippen LogP contribution in [-0.4, -0.2) is 81.8 Å². The number of aliphatic hydroxyl groups excluding tert-OH is 1. The maximum atomic E-state index is 13.1. The standard InChI is InChI=1S/C28H31F2N7O4/c1-17(12-32-27(31-2)35-8-9-36-21(15-35)13-33-28(36)40)19-5-6-22-23(11-19)37(34(3)25(22)39)14-20-10-18(16-38)4-7-24(20)41-26(29)30/h4-7,10-12,21,26,38H,2,8-9,13-16H2,1,3H3,(H,33,40)/b17-12+,32-27+/t21-/m1/s1. The number of aliphatic hydroxyl groups is 1. The Morgan fingerprint density at radius 3 is 2.78 bits per heavy atom. The number of hydrogen-bond acceptors (Lipinski definition) is 5. The summed E-state index contributed by atoms with van der Waals surface area (Å²) < 4.78 is 33.9. The number of nitrogens with zero attached hydrogens (tertiary/aromatic N) is 6. The van der Waals surface area contributed by atoms with Crippen molar-refractivity contribution in [3.8, 4) is 5.75 Å². The van der Waals surface area contributed by atoms with E-state index in [1.54, 1.807) is 30.1 Å². The zero-order valence-electron chi connectivity index (χ0n) is 22.8. The molecule has 13 heteroatoms. The van der Waals surface area contributed by atoms with Crippen molar-refractivity contribution in [1.82, 2.24) is 24.5 Å². The van der Waals surface area contributed by atoms with Gasteiger partial charge in [-0.3, -0.25) is 14.2 Å². The van der Waals surface area contributed by atoms with Gasteiger partial charge in [-0.15, -0.1) is 0 Å². The highest BCUT2D eigenvalue weighted by Crippen LogP contribution is 2.26. The number of rotatable bonds is 7. The largest absolute Gasteiger partial charge is 0.434 e. The number of carbonyl (C=O) groups excluding carboxylic acids is 1. The van der Waals surface area contributed by atoms with E-state index in [9.17, 15) is 23.5 Å². The average molecular weight is 568 g/mol. The van der Waals surface area contributed by atoms with Crippen molar-refractivity contribution < 1.29 is 23.4 Å². The Balaban J connectivity index is 1.45. The molecule has 2 N–H and O–H groups in total. The van der Waals surface area contributed by atoms with E-state index in [-0.39, 0.29) is 36.5 Å². The minimum Gasteiger partial charge on any atom is -0.434 e. The second-order valence-corrected chi connectivity index (χ2v) is 9.98. The number of ether oxygens (including phenoxy) is 1. The molecule has 0 radical (unpaired) electrons. The SMILES string of the molecule is C=N/C(=N\C=C(/C)c1ccc2c(=O)n(C)n(Cc3cc(CO)ccc3OC(F)F)c2c1)N1CCN2C(=O)NC[C@@H]2C1. The van der Waals surface area contributed by atoms with Crippen LogP contribution in [0.15, 0.2) is 57.4 Å². The number of halogens is 2. The third kappa shape index (κ3) is 5.57. The number of nitrogens with one attached hydrogen (secondary N) is 1. The normalized spacial score (nSPS) is 17.8. The second kappa shape index (κ2) is 11.5. The zero-order valence-corrected chi connectivity index (χ0v) is 22.8. The van der Waals surface area contributed by atoms with E-state index >= 15 is 0 Å². The number of fused-ring (bicyclic) bond motifs is 2. The molecule has 0 aliphatic carbocycles. The van der Waals surface area contributed by atoms with E-state index in [1.165, 1.54) is 16.8 Å². The fraction of sp³-hybridized carbons (Fsp3) is 0.357. The quantitative estimate of drug-likeness (QED) is 0.336. The van der Waals surface area contributed by atoms with Gasteiger partial charge in [0.25, 0.3) is 5.56 Å². The number of aliphatic imine (C=N–C) groups is 2. The number of piperazine rings is 1. The Labute approximate surface area is 234 Å². The van der Waals surface area contributed by atoms with Crippen LogP contribution in [0.3, 0.4) is 0 Å². The predicted octanol–water partition coefficient (Wildman–Crippen LogP) is 2.61. The molecule has 216 valence electrons. The van der Waals surface area contributed by atoms with Crippen molar-refractivity contribution in [3.63, 3.8) is 0 Å². The van der Waals surface area contributed by atoms with Crippen molar-refractivity contribution in [2.45, 2.75) is 32.7 Å². The lowest BCUT2D eigenvalue weighted by Crippen LogP contribution is -2.53. The first-order valence-electron chi connectivity index (χ1n) is 13.1. The summed E-state index contributed by atoms with van der Waals surface area (Å²) in [6.45, 7) is 4.66. The van der Waals surface area contributed by atoms with Crippen LogP contribution >= 0.6 is 0 Å². The minimum atomic E-state index is -3.02. The molecule has 1 aromatic heterocycles. The van der Waals surface area contributed by atoms with Crippen LogP contribution < -0.4 is 15.6 Å². The van der Waals surface area contributed by atoms with E-state index in [2.05, 4.69) is 22.0 Å². The van der Waals surface area contributed by atoms with Gasteiger partial charge >= 0.3 is 12.6 Å². The van der Waals surface area contributed by atoms with Gasteiger partial charge in [0.05, 0.1) is 30.1 Å². The van der Waals surface area contributed by atoms with Crippen molar-refractivity contribution in [3.05, 3.63) is 69.6 Å². The van der Waals surface area contributed by atoms with Crippen molar-refractivity contribution >= 4 is 35.2 Å². The molecule has 0 unspecified atom stereocenters. The van der Waals surface area contributed by atoms with Gasteiger partial charge < -0.3 is 25.0 Å². The number of carbonyl (C=O) groups is 1. The molecule has 3 heterocycles. The molecule has 11 nitrogen and oxygen atoms in total. The maximum absolute atomic E-state index is 13.1. The van der Waals surface area contributed by atoms with E-state index in [0.29, 0.717) is 54.2 Å². The number of guanidine groups is 1. The first kappa shape index (κ1) is 28.0. The van der Waals surface area contributed by atoms with Crippen molar-refractivity contribution in [2.75, 3.05) is 26.2 Å². The second-order valence-electron chi connectivity index (χ2n) is 9.98. The van der Waals surface area contributed by atoms with Crippen LogP contribution in [0, 0.1) is 0 Å². The number of allylic oxidation sites excluding steroid dienone is 1. The van der Waals surface area contributed by atoms with Gasteiger partial charge in [-0.25, -0.2) is 14.8 Å². The Hall–Kier alpha value is -4.52. The number of alkyl halides is 2. The number of benzene rings is 2. The Kier molecular flexibility index (Phi) is 7.88. The van der Waals surface area contributed by atoms with Gasteiger partial charge in [-0.05, 0) is 54.6 Å². The Bertz CT molecular complexity index is 1610. The van der Waals surface area contributed by atoms with E-state index in [0.717, 1.165) is 11.1 Å². The van der Waals surface area contributed by atoms with Gasteiger partial charge in [0, 0.05) is 45.0 Å². The van der Waals surface area contributed by atoms with Crippen molar-refractivity contribution in [2.24, 2.45) is 17.0 Å². The lowest BCUT2D eigenvalue weighted by molar-refractivity contribution is -0.0505. The molecular formula is C28H31F2N7O4. The summed E-state index contributed by atoms with van der Waals surface area (Å²) >= 11 is 0. The smallest absolute Gasteiger partial charge is 0.387 e. The van der Waals surface area contributed by atoms with E-state index < -0.39 is 6.61 Å².